The van der Waals surface area contributed by atoms with E-state index in [4.69, 9.17) is 25.0 Å². The normalized spacial score (nSPS) is 15.4. The second-order valence-electron chi connectivity index (χ2n) is 35.4. The summed E-state index contributed by atoms with van der Waals surface area (Å²) in [5, 5.41) is 38.8. The summed E-state index contributed by atoms with van der Waals surface area (Å²) in [6, 6.07) is 31.3. The highest BCUT2D eigenvalue weighted by molar-refractivity contribution is 5.84. The zero-order chi connectivity index (χ0) is 88.9. The Labute approximate surface area is 735 Å². The average molecular weight is 1710 g/mol. The van der Waals surface area contributed by atoms with Crippen LogP contribution in [0.2, 0.25) is 0 Å². The number of benzene rings is 1. The van der Waals surface area contributed by atoms with Gasteiger partial charge in [-0.25, -0.2) is 33.5 Å². The lowest BCUT2D eigenvalue weighted by molar-refractivity contribution is 0.172. The highest BCUT2D eigenvalue weighted by atomic mass is 16.3. The van der Waals surface area contributed by atoms with Crippen molar-refractivity contribution in [2.45, 2.75) is 178 Å². The van der Waals surface area contributed by atoms with Gasteiger partial charge in [0.15, 0.2) is 0 Å². The standard InChI is InChI=1S/C25H31N7O.C24H29N7O2.C24H27N5O.C23H27N7O/c1-15(2)26-19-6-8-30(9-7-19)20-10-16(3)25-28-21(12-24(33)31(25)14-20)22-11-23-18(5)27-17(4)13-32(23)29-22;1-15-10-19(29-7-4-18(5-8-29)25-6-9-32)14-30-23(33)12-20(27-24(15)30)21-11-22-17(3)26-16(2)13-31(22)28-21;1-16(2)28-10-8-17(9-11-28)19-5-7-23-25-22(13-24(30)29(23)15-19)18-4-6-21-20(12-18)14-27(3)26-21;1-14-9-18(28-7-5-17(24-4)6-8-28)13-29-22(31)11-19(26-23(14)29)20-10-21-16(3)25-15(2)12-30(21)27-20/h10-15,19,26H,6-9H2,1-5H3;10-14,18,25,32H,4-9H2,1-3H3;4-7,12-17H,8-11H2,1-3H3;9-13,17,24H,5-8H2,1-4H3. The predicted molar refractivity (Wildman–Crippen MR) is 501 cm³/mol. The Bertz CT molecular complexity index is 7080. The van der Waals surface area contributed by atoms with Crippen molar-refractivity contribution in [3.63, 3.8) is 0 Å². The van der Waals surface area contributed by atoms with Crippen LogP contribution in [0.3, 0.4) is 0 Å². The monoisotopic (exact) mass is 1710 g/mol. The van der Waals surface area contributed by atoms with E-state index in [1.807, 2.05) is 173 Å². The molecule has 658 valence electrons. The van der Waals surface area contributed by atoms with Crippen LogP contribution in [0, 0.1) is 62.3 Å². The molecule has 31 nitrogen and oxygen atoms in total. The molecular weight excluding hydrogens is 1600 g/mol. The van der Waals surface area contributed by atoms with Crippen molar-refractivity contribution in [3.05, 3.63) is 238 Å². The lowest BCUT2D eigenvalue weighted by Gasteiger charge is -2.35. The Morgan fingerprint density at radius 2 is 0.827 bits per heavy atom. The second kappa shape index (κ2) is 36.3. The van der Waals surface area contributed by atoms with Crippen LogP contribution in [0.4, 0.5) is 17.1 Å². The molecule has 0 aliphatic carbocycles. The summed E-state index contributed by atoms with van der Waals surface area (Å²) >= 11 is 0. The van der Waals surface area contributed by atoms with E-state index in [0.29, 0.717) is 105 Å². The van der Waals surface area contributed by atoms with Gasteiger partial charge in [-0.3, -0.25) is 56.4 Å². The van der Waals surface area contributed by atoms with E-state index >= 15 is 0 Å². The molecule has 20 rings (SSSR count). The van der Waals surface area contributed by atoms with Gasteiger partial charge in [-0.05, 0) is 230 Å². The molecule has 31 heteroatoms. The molecule has 1 aromatic carbocycles. The molecule has 16 aromatic rings. The van der Waals surface area contributed by atoms with Gasteiger partial charge in [0.25, 0.3) is 22.2 Å². The Morgan fingerprint density at radius 1 is 0.409 bits per heavy atom. The summed E-state index contributed by atoms with van der Waals surface area (Å²) in [6.45, 7) is 35.3. The van der Waals surface area contributed by atoms with E-state index < -0.39 is 0 Å². The Hall–Kier alpha value is -12.8. The van der Waals surface area contributed by atoms with Crippen LogP contribution in [0.25, 0.3) is 95.5 Å². The number of nitrogens with one attached hydrogen (secondary N) is 3. The molecule has 4 aliphatic heterocycles. The number of anilines is 3. The molecule has 127 heavy (non-hydrogen) atoms. The molecule has 0 bridgehead atoms. The molecule has 0 saturated carbocycles. The van der Waals surface area contributed by atoms with Crippen molar-refractivity contribution in [1.29, 1.82) is 0 Å². The van der Waals surface area contributed by atoms with Crippen LogP contribution in [0.15, 0.2) is 160 Å². The quantitative estimate of drug-likeness (QED) is 0.0741. The maximum absolute atomic E-state index is 13.1. The lowest BCUT2D eigenvalue weighted by atomic mass is 9.90. The number of aromatic nitrogens is 19. The highest BCUT2D eigenvalue weighted by Gasteiger charge is 2.28. The number of nitrogens with zero attached hydrogens (tertiary/aromatic N) is 23. The topological polar surface area (TPSA) is 315 Å². The van der Waals surface area contributed by atoms with Gasteiger partial charge in [-0.2, -0.15) is 20.4 Å². The van der Waals surface area contributed by atoms with Crippen LogP contribution in [-0.2, 0) is 7.05 Å². The van der Waals surface area contributed by atoms with E-state index in [-0.39, 0.29) is 28.8 Å². The van der Waals surface area contributed by atoms with Gasteiger partial charge < -0.3 is 40.7 Å². The molecule has 0 unspecified atom stereocenters. The predicted octanol–water partition coefficient (Wildman–Crippen LogP) is 11.5. The zero-order valence-corrected chi connectivity index (χ0v) is 75.3. The minimum absolute atomic E-state index is 0.0391. The molecule has 15 aromatic heterocycles. The van der Waals surface area contributed by atoms with Crippen molar-refractivity contribution in [3.8, 4) is 45.4 Å². The SMILES string of the molecule is CC(C)N1CCC(c2ccc3nc(-c4ccc5nn(C)cc5c4)cc(=O)n3c2)CC1.CNC1CCN(c2cc(C)c3nc(-c4cc5c(C)nc(C)cn5n4)cc(=O)n3c2)CC1.Cc1cn2nc(-c3cc(=O)n4cc(N5CCC(NC(C)C)CC5)cc(C)c4n3)cc2c(C)n1.Cc1cn2nc(-c3cc(=O)n4cc(N5CCC(NCCO)CC5)cc(C)c4n3)cc2c(C)n1. The number of piperidine rings is 4. The fraction of sp³-hybridized carbons (Fsp3) is 0.406. The number of likely N-dealkylation sites (tertiary alicyclic amines) is 1. The summed E-state index contributed by atoms with van der Waals surface area (Å²) in [5.74, 6) is 0.504. The number of hydrogen-bond acceptors (Lipinski definition) is 23. The molecule has 0 atom stereocenters. The van der Waals surface area contributed by atoms with E-state index in [2.05, 4.69) is 123 Å². The van der Waals surface area contributed by atoms with Crippen LogP contribution in [0.5, 0.6) is 0 Å². The number of fused-ring (bicyclic) bond motifs is 8. The molecule has 0 radical (unpaired) electrons. The molecule has 4 fully saturated rings. The van der Waals surface area contributed by atoms with Gasteiger partial charge in [0.1, 0.15) is 39.7 Å². The minimum atomic E-state index is -0.123. The fourth-order valence-electron chi connectivity index (χ4n) is 18.6. The maximum Gasteiger partial charge on any atom is 0.258 e. The molecule has 4 aliphatic rings. The van der Waals surface area contributed by atoms with Gasteiger partial charge in [0.2, 0.25) is 0 Å². The first-order valence-electron chi connectivity index (χ1n) is 44.5. The lowest BCUT2D eigenvalue weighted by Crippen LogP contribution is -2.44. The summed E-state index contributed by atoms with van der Waals surface area (Å²) < 4.78 is 13.9. The first kappa shape index (κ1) is 86.3. The third-order valence-electron chi connectivity index (χ3n) is 25.3. The van der Waals surface area contributed by atoms with Crippen molar-refractivity contribution in [1.82, 2.24) is 112 Å². The van der Waals surface area contributed by atoms with Gasteiger partial charge >= 0.3 is 0 Å². The maximum atomic E-state index is 13.1. The van der Waals surface area contributed by atoms with Crippen molar-refractivity contribution in [2.75, 3.05) is 87.3 Å². The van der Waals surface area contributed by atoms with Crippen LogP contribution < -0.4 is 52.9 Å². The molecule has 19 heterocycles. The number of rotatable bonds is 15. The van der Waals surface area contributed by atoms with Crippen molar-refractivity contribution in [2.24, 2.45) is 7.05 Å². The Balaban J connectivity index is 0.000000119. The number of hydrogen-bond donors (Lipinski definition) is 4. The van der Waals surface area contributed by atoms with E-state index in [1.165, 1.54) is 5.56 Å². The number of pyridine rings is 4. The summed E-state index contributed by atoms with van der Waals surface area (Å²) in [7, 11) is 3.93. The van der Waals surface area contributed by atoms with Gasteiger partial charge in [0.05, 0.1) is 121 Å². The summed E-state index contributed by atoms with van der Waals surface area (Å²) in [5.41, 5.74) is 24.0. The number of aryl methyl sites for hydroxylation is 10. The molecule has 4 saturated heterocycles. The smallest absolute Gasteiger partial charge is 0.258 e. The molecular formula is C96H114N26O5. The van der Waals surface area contributed by atoms with Gasteiger partial charge in [-0.1, -0.05) is 26.0 Å². The first-order valence-corrected chi connectivity index (χ1v) is 44.5. The minimum Gasteiger partial charge on any atom is -0.395 e. The second-order valence-corrected chi connectivity index (χ2v) is 35.4. The first-order chi connectivity index (χ1) is 61.1. The molecule has 4 N–H and O–H groups in total. The Morgan fingerprint density at radius 3 is 1.24 bits per heavy atom. The largest absolute Gasteiger partial charge is 0.395 e. The van der Waals surface area contributed by atoms with E-state index in [0.717, 1.165) is 205 Å². The van der Waals surface area contributed by atoms with Crippen molar-refractivity contribution < 1.29 is 5.11 Å². The van der Waals surface area contributed by atoms with Gasteiger partial charge in [-0.15, -0.1) is 0 Å². The van der Waals surface area contributed by atoms with Crippen molar-refractivity contribution >= 4 is 67.1 Å². The number of aliphatic hydroxyl groups is 1. The van der Waals surface area contributed by atoms with E-state index in [9.17, 15) is 19.2 Å². The number of aliphatic hydroxyl groups excluding tert-OH is 1. The zero-order valence-electron chi connectivity index (χ0n) is 75.3. The van der Waals surface area contributed by atoms with Crippen LogP contribution in [-0.4, -0.2) is 204 Å². The fourth-order valence-corrected chi connectivity index (χ4v) is 18.6. The van der Waals surface area contributed by atoms with Crippen LogP contribution >= 0.6 is 0 Å². The average Bonchev–Trinajstić information content (AvgIpc) is 1.71. The third-order valence-corrected chi connectivity index (χ3v) is 25.3. The molecule has 0 amide bonds. The van der Waals surface area contributed by atoms with E-state index in [1.54, 1.807) is 55.6 Å². The third kappa shape index (κ3) is 18.5. The van der Waals surface area contributed by atoms with Gasteiger partial charge in [0, 0.05) is 149 Å². The summed E-state index contributed by atoms with van der Waals surface area (Å²) in [4.78, 5) is 94.4. The summed E-state index contributed by atoms with van der Waals surface area (Å²) in [6.07, 6.45) is 24.0. The Kier molecular flexibility index (Phi) is 24.7. The van der Waals surface area contributed by atoms with Crippen LogP contribution in [0.1, 0.15) is 141 Å². The molecule has 0 spiro atoms. The highest BCUT2D eigenvalue weighted by Crippen LogP contribution is 2.33.